The molecule has 0 radical (unpaired) electrons. The molecule has 0 unspecified atom stereocenters. The standard InChI is InChI=1S/C20H17N3O2.ClH.2H2O/c1-22-10-7-13(8-11-22)9-12-23-19(24)15-4-2-3-14-17(21)6-5-16(18(14)15)20(23)25;;;/h2-8,10-11H,9,12H2,1H3,(H-,21,24,25);1H;2*1H2. The van der Waals surface area contributed by atoms with Gasteiger partial charge in [-0.05, 0) is 30.2 Å². The summed E-state index contributed by atoms with van der Waals surface area (Å²) < 4.78 is 1.95. The number of pyridine rings is 1. The van der Waals surface area contributed by atoms with Crippen molar-refractivity contribution >= 4 is 28.3 Å². The molecule has 4 rings (SSSR count). The molecule has 28 heavy (non-hydrogen) atoms. The van der Waals surface area contributed by atoms with Crippen molar-refractivity contribution in [2.75, 3.05) is 12.3 Å². The number of aromatic nitrogens is 1. The molecule has 8 heteroatoms. The molecule has 2 amide bonds. The summed E-state index contributed by atoms with van der Waals surface area (Å²) in [4.78, 5) is 27.1. The van der Waals surface area contributed by atoms with E-state index in [1.165, 1.54) is 4.90 Å². The van der Waals surface area contributed by atoms with Crippen LogP contribution in [0.5, 0.6) is 0 Å². The van der Waals surface area contributed by atoms with Crippen molar-refractivity contribution in [3.05, 3.63) is 71.5 Å². The van der Waals surface area contributed by atoms with E-state index < -0.39 is 0 Å². The lowest BCUT2D eigenvalue weighted by atomic mass is 9.93. The molecular formula is C20H22ClN3O4. The summed E-state index contributed by atoms with van der Waals surface area (Å²) in [6.07, 6.45) is 4.53. The van der Waals surface area contributed by atoms with Gasteiger partial charge in [-0.1, -0.05) is 12.1 Å². The van der Waals surface area contributed by atoms with E-state index in [0.29, 0.717) is 35.2 Å². The third kappa shape index (κ3) is 3.68. The smallest absolute Gasteiger partial charge is 0.261 e. The quantitative estimate of drug-likeness (QED) is 0.293. The van der Waals surface area contributed by atoms with E-state index in [4.69, 9.17) is 5.73 Å². The van der Waals surface area contributed by atoms with Gasteiger partial charge in [0, 0.05) is 46.3 Å². The molecule has 0 spiro atoms. The number of hydrogen-bond donors (Lipinski definition) is 1. The Morgan fingerprint density at radius 1 is 0.929 bits per heavy atom. The molecule has 0 fully saturated rings. The van der Waals surface area contributed by atoms with Crippen LogP contribution in [0.4, 0.5) is 5.69 Å². The SMILES string of the molecule is C[n+]1ccc(CCN2C(=O)c3cccc4c(N)ccc(c34)C2=O)cc1.O.O.[Cl-]. The van der Waals surface area contributed by atoms with Gasteiger partial charge >= 0.3 is 0 Å². The van der Waals surface area contributed by atoms with E-state index in [1.807, 2.05) is 42.2 Å². The van der Waals surface area contributed by atoms with Gasteiger partial charge in [-0.25, -0.2) is 4.57 Å². The lowest BCUT2D eigenvalue weighted by Crippen LogP contribution is -3.00. The van der Waals surface area contributed by atoms with Crippen LogP contribution in [0.2, 0.25) is 0 Å². The minimum Gasteiger partial charge on any atom is -1.00 e. The van der Waals surface area contributed by atoms with Crippen molar-refractivity contribution in [1.82, 2.24) is 4.90 Å². The highest BCUT2D eigenvalue weighted by molar-refractivity contribution is 6.26. The molecule has 1 aliphatic heterocycles. The van der Waals surface area contributed by atoms with Crippen molar-refractivity contribution in [3.63, 3.8) is 0 Å². The summed E-state index contributed by atoms with van der Waals surface area (Å²) in [6, 6.07) is 12.8. The predicted octanol–water partition coefficient (Wildman–Crippen LogP) is -2.56. The van der Waals surface area contributed by atoms with E-state index in [9.17, 15) is 9.59 Å². The minimum absolute atomic E-state index is 0. The molecule has 1 aliphatic rings. The van der Waals surface area contributed by atoms with Gasteiger partial charge in [0.1, 0.15) is 7.05 Å². The van der Waals surface area contributed by atoms with Gasteiger partial charge in [0.05, 0.1) is 0 Å². The highest BCUT2D eigenvalue weighted by atomic mass is 35.5. The number of nitrogens with two attached hydrogens (primary N) is 1. The van der Waals surface area contributed by atoms with Gasteiger partial charge in [-0.3, -0.25) is 14.5 Å². The van der Waals surface area contributed by atoms with Crippen LogP contribution in [0.3, 0.4) is 0 Å². The Hall–Kier alpha value is -3.00. The molecule has 2 aromatic carbocycles. The van der Waals surface area contributed by atoms with E-state index in [-0.39, 0.29) is 35.2 Å². The first-order chi connectivity index (χ1) is 12.1. The van der Waals surface area contributed by atoms with Gasteiger partial charge in [0.2, 0.25) is 0 Å². The van der Waals surface area contributed by atoms with Crippen LogP contribution in [-0.4, -0.2) is 34.2 Å². The molecule has 7 nitrogen and oxygen atoms in total. The number of nitrogen functional groups attached to an aromatic ring is 1. The summed E-state index contributed by atoms with van der Waals surface area (Å²) in [5.41, 5.74) is 8.75. The minimum atomic E-state index is -0.254. The first kappa shape index (κ1) is 23.0. The number of rotatable bonds is 3. The van der Waals surface area contributed by atoms with Crippen LogP contribution in [0, 0.1) is 0 Å². The Kier molecular flexibility index (Phi) is 7.23. The Balaban J connectivity index is 0.00000131. The fourth-order valence-electron chi connectivity index (χ4n) is 3.31. The normalized spacial score (nSPS) is 12.1. The van der Waals surface area contributed by atoms with Crippen molar-refractivity contribution in [2.45, 2.75) is 6.42 Å². The first-order valence-electron chi connectivity index (χ1n) is 8.18. The third-order valence-corrected chi connectivity index (χ3v) is 4.70. The molecule has 0 aliphatic carbocycles. The summed E-state index contributed by atoms with van der Waals surface area (Å²) in [6.45, 7) is 0.353. The zero-order valence-corrected chi connectivity index (χ0v) is 16.0. The Bertz CT molecular complexity index is 1000. The molecular weight excluding hydrogens is 382 g/mol. The summed E-state index contributed by atoms with van der Waals surface area (Å²) in [7, 11) is 1.95. The van der Waals surface area contributed by atoms with Crippen LogP contribution in [-0.2, 0) is 13.5 Å². The van der Waals surface area contributed by atoms with Gasteiger partial charge in [0.15, 0.2) is 12.4 Å². The zero-order valence-electron chi connectivity index (χ0n) is 15.3. The van der Waals surface area contributed by atoms with Crippen LogP contribution in [0.15, 0.2) is 54.9 Å². The lowest BCUT2D eigenvalue weighted by molar-refractivity contribution is -0.671. The number of hydrogen-bond acceptors (Lipinski definition) is 3. The summed E-state index contributed by atoms with van der Waals surface area (Å²) in [5.74, 6) is -0.509. The topological polar surface area (TPSA) is 130 Å². The number of nitrogens with zero attached hydrogens (tertiary/aromatic N) is 2. The molecule has 0 atom stereocenters. The number of carbonyl (C=O) groups excluding carboxylic acids is 2. The maximum atomic E-state index is 12.9. The Morgan fingerprint density at radius 3 is 2.18 bits per heavy atom. The second-order valence-electron chi connectivity index (χ2n) is 6.31. The zero-order chi connectivity index (χ0) is 17.6. The highest BCUT2D eigenvalue weighted by Gasteiger charge is 2.32. The Labute approximate surface area is 168 Å². The van der Waals surface area contributed by atoms with Crippen molar-refractivity contribution in [3.8, 4) is 0 Å². The predicted molar refractivity (Wildman–Crippen MR) is 102 cm³/mol. The van der Waals surface area contributed by atoms with Gasteiger partial charge < -0.3 is 29.1 Å². The van der Waals surface area contributed by atoms with E-state index in [0.717, 1.165) is 10.9 Å². The number of aryl methyl sites for hydroxylation is 1. The second kappa shape index (κ2) is 8.79. The van der Waals surface area contributed by atoms with Crippen molar-refractivity contribution < 1.29 is 37.5 Å². The molecule has 3 aromatic rings. The molecule has 148 valence electrons. The van der Waals surface area contributed by atoms with Gasteiger partial charge in [-0.15, -0.1) is 0 Å². The van der Waals surface area contributed by atoms with Crippen molar-refractivity contribution in [2.24, 2.45) is 7.05 Å². The average Bonchev–Trinajstić information content (AvgIpc) is 2.62. The van der Waals surface area contributed by atoms with Crippen LogP contribution in [0.1, 0.15) is 26.3 Å². The first-order valence-corrected chi connectivity index (χ1v) is 8.18. The number of anilines is 1. The number of amides is 2. The molecule has 2 heterocycles. The molecule has 0 saturated carbocycles. The number of halogens is 1. The highest BCUT2D eigenvalue weighted by Crippen LogP contribution is 2.33. The van der Waals surface area contributed by atoms with E-state index in [2.05, 4.69) is 0 Å². The van der Waals surface area contributed by atoms with E-state index in [1.54, 1.807) is 24.3 Å². The maximum absolute atomic E-state index is 12.9. The van der Waals surface area contributed by atoms with Crippen LogP contribution in [0.25, 0.3) is 10.8 Å². The summed E-state index contributed by atoms with van der Waals surface area (Å²) in [5, 5.41) is 1.42. The van der Waals surface area contributed by atoms with Crippen LogP contribution < -0.4 is 22.7 Å². The van der Waals surface area contributed by atoms with E-state index >= 15 is 0 Å². The van der Waals surface area contributed by atoms with Gasteiger partial charge in [0.25, 0.3) is 11.8 Å². The third-order valence-electron chi connectivity index (χ3n) is 4.70. The monoisotopic (exact) mass is 403 g/mol. The average molecular weight is 404 g/mol. The summed E-state index contributed by atoms with van der Waals surface area (Å²) >= 11 is 0. The van der Waals surface area contributed by atoms with Crippen molar-refractivity contribution in [1.29, 1.82) is 0 Å². The molecule has 0 saturated heterocycles. The molecule has 0 bridgehead atoms. The fraction of sp³-hybridized carbons (Fsp3) is 0.150. The van der Waals surface area contributed by atoms with Crippen LogP contribution >= 0.6 is 0 Å². The molecule has 6 N–H and O–H groups in total. The lowest BCUT2D eigenvalue weighted by Gasteiger charge is -2.27. The molecule has 1 aromatic heterocycles. The number of imide groups is 1. The largest absolute Gasteiger partial charge is 1.00 e. The Morgan fingerprint density at radius 2 is 1.54 bits per heavy atom. The van der Waals surface area contributed by atoms with Gasteiger partial charge in [-0.2, -0.15) is 0 Å². The second-order valence-corrected chi connectivity index (χ2v) is 6.31. The maximum Gasteiger partial charge on any atom is 0.261 e. The fourth-order valence-corrected chi connectivity index (χ4v) is 3.31. The number of carbonyl (C=O) groups is 2. The number of benzene rings is 2.